The lowest BCUT2D eigenvalue weighted by atomic mass is 10.2. The molecule has 2 aromatic heterocycles. The van der Waals surface area contributed by atoms with Crippen LogP contribution >= 0.6 is 34.3 Å². The predicted molar refractivity (Wildman–Crippen MR) is 76.5 cm³/mol. The molecule has 3 N–H and O–H groups in total. The summed E-state index contributed by atoms with van der Waals surface area (Å²) in [6, 6.07) is 3.64. The first-order chi connectivity index (χ1) is 8.47. The van der Waals surface area contributed by atoms with Crippen molar-refractivity contribution in [1.29, 1.82) is 0 Å². The fourth-order valence-electron chi connectivity index (χ4n) is 1.52. The highest BCUT2D eigenvalue weighted by molar-refractivity contribution is 7.17. The molecule has 0 saturated carbocycles. The van der Waals surface area contributed by atoms with Gasteiger partial charge in [-0.25, -0.2) is 4.98 Å². The molecule has 1 amide bonds. The van der Waals surface area contributed by atoms with Crippen LogP contribution in [-0.4, -0.2) is 10.9 Å². The first kappa shape index (κ1) is 13.3. The number of nitrogens with one attached hydrogen (secondary N) is 1. The van der Waals surface area contributed by atoms with Crippen molar-refractivity contribution in [3.63, 3.8) is 0 Å². The molecule has 0 spiro atoms. The van der Waals surface area contributed by atoms with Crippen molar-refractivity contribution >= 4 is 45.3 Å². The molecule has 0 fully saturated rings. The Balaban J connectivity index is 2.10. The van der Waals surface area contributed by atoms with Gasteiger partial charge in [0, 0.05) is 4.88 Å². The minimum atomic E-state index is -0.154. The van der Waals surface area contributed by atoms with Gasteiger partial charge in [-0.3, -0.25) is 4.79 Å². The minimum Gasteiger partial charge on any atom is -0.375 e. The molecule has 18 heavy (non-hydrogen) atoms. The molecule has 1 unspecified atom stereocenters. The quantitative estimate of drug-likeness (QED) is 0.914. The molecule has 2 heterocycles. The largest absolute Gasteiger partial charge is 0.375 e. The topological polar surface area (TPSA) is 68.0 Å². The van der Waals surface area contributed by atoms with E-state index >= 15 is 0 Å². The van der Waals surface area contributed by atoms with Gasteiger partial charge >= 0.3 is 0 Å². The van der Waals surface area contributed by atoms with E-state index in [0.29, 0.717) is 20.0 Å². The highest BCUT2D eigenvalue weighted by Crippen LogP contribution is 2.27. The molecule has 0 aliphatic rings. The molecule has 2 aromatic rings. The third-order valence-corrected chi connectivity index (χ3v) is 4.79. The van der Waals surface area contributed by atoms with Crippen LogP contribution in [0.2, 0.25) is 4.34 Å². The predicted octanol–water partition coefficient (Wildman–Crippen LogP) is 3.24. The molecule has 0 saturated heterocycles. The zero-order valence-electron chi connectivity index (χ0n) is 9.86. The van der Waals surface area contributed by atoms with Crippen LogP contribution in [0.5, 0.6) is 0 Å². The maximum atomic E-state index is 12.0. The van der Waals surface area contributed by atoms with Gasteiger partial charge in [0.1, 0.15) is 4.88 Å². The number of nitrogen functional groups attached to an aromatic ring is 1. The number of anilines is 1. The van der Waals surface area contributed by atoms with Gasteiger partial charge in [-0.05, 0) is 26.0 Å². The molecule has 0 aromatic carbocycles. The molecule has 0 radical (unpaired) electrons. The highest BCUT2D eigenvalue weighted by Gasteiger charge is 2.17. The van der Waals surface area contributed by atoms with Crippen LogP contribution in [-0.2, 0) is 0 Å². The SMILES string of the molecule is Cc1nc(N)sc1C(=O)NC(C)c1ccc(Cl)s1. The second-order valence-electron chi connectivity index (χ2n) is 3.80. The van der Waals surface area contributed by atoms with Gasteiger partial charge in [-0.2, -0.15) is 0 Å². The maximum absolute atomic E-state index is 12.0. The summed E-state index contributed by atoms with van der Waals surface area (Å²) in [4.78, 5) is 17.7. The molecule has 96 valence electrons. The van der Waals surface area contributed by atoms with Crippen LogP contribution in [0, 0.1) is 6.92 Å². The Morgan fingerprint density at radius 3 is 2.72 bits per heavy atom. The van der Waals surface area contributed by atoms with Gasteiger partial charge in [-0.1, -0.05) is 22.9 Å². The number of nitrogens with two attached hydrogens (primary N) is 1. The van der Waals surface area contributed by atoms with Gasteiger partial charge in [0.15, 0.2) is 5.13 Å². The Bertz CT molecular complexity index is 579. The molecule has 4 nitrogen and oxygen atoms in total. The Kier molecular flexibility index (Phi) is 3.89. The number of carbonyl (C=O) groups is 1. The number of thiophene rings is 1. The average molecular weight is 302 g/mol. The van der Waals surface area contributed by atoms with Crippen LogP contribution in [0.3, 0.4) is 0 Å². The summed E-state index contributed by atoms with van der Waals surface area (Å²) in [5.74, 6) is -0.154. The number of nitrogens with zero attached hydrogens (tertiary/aromatic N) is 1. The fraction of sp³-hybridized carbons (Fsp3) is 0.273. The van der Waals surface area contributed by atoms with E-state index in [-0.39, 0.29) is 11.9 Å². The number of carbonyl (C=O) groups excluding carboxylic acids is 1. The summed E-state index contributed by atoms with van der Waals surface area (Å²) < 4.78 is 0.712. The number of amides is 1. The first-order valence-corrected chi connectivity index (χ1v) is 7.27. The lowest BCUT2D eigenvalue weighted by Gasteiger charge is -2.11. The van der Waals surface area contributed by atoms with E-state index in [9.17, 15) is 4.79 Å². The average Bonchev–Trinajstić information content (AvgIpc) is 2.84. The van der Waals surface area contributed by atoms with Crippen molar-refractivity contribution in [2.45, 2.75) is 19.9 Å². The summed E-state index contributed by atoms with van der Waals surface area (Å²) in [6.07, 6.45) is 0. The minimum absolute atomic E-state index is 0.0854. The van der Waals surface area contributed by atoms with E-state index in [1.165, 1.54) is 22.7 Å². The van der Waals surface area contributed by atoms with Gasteiger partial charge < -0.3 is 11.1 Å². The lowest BCUT2D eigenvalue weighted by Crippen LogP contribution is -2.25. The molecule has 1 atom stereocenters. The van der Waals surface area contributed by atoms with Crippen molar-refractivity contribution in [1.82, 2.24) is 10.3 Å². The highest BCUT2D eigenvalue weighted by atomic mass is 35.5. The molecule has 7 heteroatoms. The van der Waals surface area contributed by atoms with Gasteiger partial charge in [-0.15, -0.1) is 11.3 Å². The fourth-order valence-corrected chi connectivity index (χ4v) is 3.32. The summed E-state index contributed by atoms with van der Waals surface area (Å²) in [6.45, 7) is 3.69. The third-order valence-electron chi connectivity index (χ3n) is 2.39. The molecular weight excluding hydrogens is 290 g/mol. The van der Waals surface area contributed by atoms with E-state index in [1.807, 2.05) is 19.1 Å². The standard InChI is InChI=1S/C11H12ClN3OS2/c1-5(7-3-4-8(12)17-7)14-10(16)9-6(2)15-11(13)18-9/h3-5H,1-2H3,(H2,13,15)(H,14,16). The number of thiazole rings is 1. The Labute approximate surface area is 118 Å². The number of aryl methyl sites for hydroxylation is 1. The van der Waals surface area contributed by atoms with Crippen molar-refractivity contribution < 1.29 is 4.79 Å². The zero-order valence-corrected chi connectivity index (χ0v) is 12.2. The first-order valence-electron chi connectivity index (χ1n) is 5.26. The van der Waals surface area contributed by atoms with Crippen LogP contribution in [0.1, 0.15) is 33.2 Å². The van der Waals surface area contributed by atoms with Crippen LogP contribution in [0.25, 0.3) is 0 Å². The monoisotopic (exact) mass is 301 g/mol. The molecule has 0 aliphatic carbocycles. The van der Waals surface area contributed by atoms with Crippen molar-refractivity contribution in [3.05, 3.63) is 31.9 Å². The second kappa shape index (κ2) is 5.26. The Morgan fingerprint density at radius 2 is 2.22 bits per heavy atom. The van der Waals surface area contributed by atoms with Gasteiger partial charge in [0.2, 0.25) is 0 Å². The second-order valence-corrected chi connectivity index (χ2v) is 6.58. The van der Waals surface area contributed by atoms with Crippen molar-refractivity contribution in [2.24, 2.45) is 0 Å². The maximum Gasteiger partial charge on any atom is 0.263 e. The van der Waals surface area contributed by atoms with Crippen molar-refractivity contribution in [3.8, 4) is 0 Å². The molecule has 0 bridgehead atoms. The number of halogens is 1. The Hall–Kier alpha value is -1.11. The lowest BCUT2D eigenvalue weighted by molar-refractivity contribution is 0.0944. The van der Waals surface area contributed by atoms with Gasteiger partial charge in [0.05, 0.1) is 16.1 Å². The number of aromatic nitrogens is 1. The van der Waals surface area contributed by atoms with Crippen LogP contribution in [0.15, 0.2) is 12.1 Å². The van der Waals surface area contributed by atoms with Crippen molar-refractivity contribution in [2.75, 3.05) is 5.73 Å². The molecule has 2 rings (SSSR count). The third kappa shape index (κ3) is 2.82. The van der Waals surface area contributed by atoms with E-state index in [4.69, 9.17) is 17.3 Å². The van der Waals surface area contributed by atoms with E-state index in [0.717, 1.165) is 4.88 Å². The van der Waals surface area contributed by atoms with E-state index in [2.05, 4.69) is 10.3 Å². The van der Waals surface area contributed by atoms with Crippen LogP contribution in [0.4, 0.5) is 5.13 Å². The summed E-state index contributed by atoms with van der Waals surface area (Å²) >= 11 is 8.52. The summed E-state index contributed by atoms with van der Waals surface area (Å²) in [5, 5.41) is 3.31. The zero-order chi connectivity index (χ0) is 13.3. The normalized spacial score (nSPS) is 12.4. The smallest absolute Gasteiger partial charge is 0.263 e. The van der Waals surface area contributed by atoms with Crippen LogP contribution < -0.4 is 11.1 Å². The molecular formula is C11H12ClN3OS2. The summed E-state index contributed by atoms with van der Waals surface area (Å²) in [7, 11) is 0. The molecule has 0 aliphatic heterocycles. The van der Waals surface area contributed by atoms with Gasteiger partial charge in [0.25, 0.3) is 5.91 Å². The Morgan fingerprint density at radius 1 is 1.50 bits per heavy atom. The number of rotatable bonds is 3. The summed E-state index contributed by atoms with van der Waals surface area (Å²) in [5.41, 5.74) is 6.23. The van der Waals surface area contributed by atoms with E-state index < -0.39 is 0 Å². The number of hydrogen-bond donors (Lipinski definition) is 2. The van der Waals surface area contributed by atoms with E-state index in [1.54, 1.807) is 6.92 Å². The number of hydrogen-bond acceptors (Lipinski definition) is 5.